The highest BCUT2D eigenvalue weighted by Gasteiger charge is 1.81. The number of hydrogen-bond acceptors (Lipinski definition) is 3. The highest BCUT2D eigenvalue weighted by Crippen LogP contribution is 1.69. The first-order valence-corrected chi connectivity index (χ1v) is 2.87. The van der Waals surface area contributed by atoms with Crippen LogP contribution in [0.25, 0.3) is 0 Å². The molecule has 0 aliphatic heterocycles. The quantitative estimate of drug-likeness (QED) is 0.439. The molecule has 0 radical (unpaired) electrons. The number of carbonyl (C=O) groups excluding carboxylic acids is 1. The second kappa shape index (κ2) is 8.50. The van der Waals surface area contributed by atoms with Gasteiger partial charge in [-0.05, 0) is 6.92 Å². The lowest BCUT2D eigenvalue weighted by Crippen LogP contribution is -1.95. The van der Waals surface area contributed by atoms with Crippen molar-refractivity contribution in [3.8, 4) is 12.3 Å². The number of carbonyl (C=O) groups is 2. The average molecular weight is 158 g/mol. The van der Waals surface area contributed by atoms with E-state index in [1.807, 2.05) is 0 Å². The summed E-state index contributed by atoms with van der Waals surface area (Å²) in [6.45, 7) is 3.65. The summed E-state index contributed by atoms with van der Waals surface area (Å²) in [5.41, 5.74) is 0. The molecule has 0 spiro atoms. The van der Waals surface area contributed by atoms with E-state index in [2.05, 4.69) is 11.2 Å². The van der Waals surface area contributed by atoms with Gasteiger partial charge in [0, 0.05) is 12.8 Å². The highest BCUT2D eigenvalue weighted by atomic mass is 16.5. The van der Waals surface area contributed by atoms with Gasteiger partial charge in [0.1, 0.15) is 0 Å². The zero-order valence-corrected chi connectivity index (χ0v) is 6.46. The molecule has 0 amide bonds. The predicted octanol–water partition coefficient (Wildman–Crippen LogP) is 0.274. The van der Waals surface area contributed by atoms with E-state index in [0.29, 0.717) is 6.61 Å². The zero-order chi connectivity index (χ0) is 9.28. The molecule has 0 unspecified atom stereocenters. The van der Waals surface area contributed by atoms with Crippen molar-refractivity contribution in [2.75, 3.05) is 6.61 Å². The molecule has 0 heterocycles. The molecule has 0 aliphatic rings. The van der Waals surface area contributed by atoms with Gasteiger partial charge in [-0.2, -0.15) is 0 Å². The van der Waals surface area contributed by atoms with E-state index in [1.54, 1.807) is 6.92 Å². The van der Waals surface area contributed by atoms with Crippen molar-refractivity contribution in [1.29, 1.82) is 0 Å². The summed E-state index contributed by atoms with van der Waals surface area (Å²) in [5, 5.41) is 7.49. The van der Waals surface area contributed by atoms with Crippen molar-refractivity contribution >= 4 is 11.9 Å². The monoisotopic (exact) mass is 158 g/mol. The maximum Gasteiger partial charge on any atom is 0.381 e. The molecule has 0 aromatic carbocycles. The van der Waals surface area contributed by atoms with Gasteiger partial charge in [0.05, 0.1) is 6.61 Å². The molecule has 0 aliphatic carbocycles. The second-order valence-corrected chi connectivity index (χ2v) is 1.37. The van der Waals surface area contributed by atoms with Gasteiger partial charge < -0.3 is 9.84 Å². The minimum atomic E-state index is -1.22. The lowest BCUT2D eigenvalue weighted by Gasteiger charge is -1.89. The highest BCUT2D eigenvalue weighted by molar-refractivity contribution is 5.85. The lowest BCUT2D eigenvalue weighted by atomic mass is 10.7. The van der Waals surface area contributed by atoms with Gasteiger partial charge in [-0.15, -0.1) is 6.42 Å². The summed E-state index contributed by atoms with van der Waals surface area (Å²) >= 11 is 0. The molecule has 0 atom stereocenters. The first-order chi connectivity index (χ1) is 5.04. The first kappa shape index (κ1) is 12.2. The zero-order valence-electron chi connectivity index (χ0n) is 6.46. The van der Waals surface area contributed by atoms with Gasteiger partial charge in [-0.1, -0.05) is 0 Å². The van der Waals surface area contributed by atoms with Gasteiger partial charge in [-0.3, -0.25) is 4.79 Å². The Bertz CT molecular complexity index is 166. The Morgan fingerprint density at radius 3 is 2.00 bits per heavy atom. The number of ether oxygens (including phenoxy) is 1. The van der Waals surface area contributed by atoms with Crippen LogP contribution in [0.15, 0.2) is 0 Å². The maximum absolute atomic E-state index is 9.82. The first-order valence-electron chi connectivity index (χ1n) is 2.87. The molecular formula is C7H10O4. The van der Waals surface area contributed by atoms with Crippen LogP contribution < -0.4 is 0 Å². The Balaban J connectivity index is 0. The number of aliphatic carboxylic acids is 1. The third-order valence-corrected chi connectivity index (χ3v) is 0.471. The Hall–Kier alpha value is -1.50. The van der Waals surface area contributed by atoms with Gasteiger partial charge >= 0.3 is 11.9 Å². The number of rotatable bonds is 1. The Morgan fingerprint density at radius 2 is 2.00 bits per heavy atom. The second-order valence-electron chi connectivity index (χ2n) is 1.37. The van der Waals surface area contributed by atoms with Crippen LogP contribution in [0.4, 0.5) is 0 Å². The Kier molecular flexibility index (Phi) is 9.43. The third-order valence-electron chi connectivity index (χ3n) is 0.471. The Labute approximate surface area is 65.2 Å². The predicted molar refractivity (Wildman–Crippen MR) is 38.8 cm³/mol. The number of hydrogen-bond donors (Lipinski definition) is 1. The van der Waals surface area contributed by atoms with Crippen LogP contribution in [0.2, 0.25) is 0 Å². The van der Waals surface area contributed by atoms with Crippen molar-refractivity contribution in [2.24, 2.45) is 0 Å². The molecule has 4 nitrogen and oxygen atoms in total. The normalized spacial score (nSPS) is 6.64. The molecule has 0 bridgehead atoms. The van der Waals surface area contributed by atoms with E-state index in [-0.39, 0.29) is 5.97 Å². The van der Waals surface area contributed by atoms with Crippen molar-refractivity contribution < 1.29 is 19.4 Å². The molecule has 0 fully saturated rings. The largest absolute Gasteiger partial charge is 0.472 e. The van der Waals surface area contributed by atoms with Crippen LogP contribution in [0.1, 0.15) is 13.8 Å². The number of esters is 1. The smallest absolute Gasteiger partial charge is 0.381 e. The minimum Gasteiger partial charge on any atom is -0.472 e. The fraction of sp³-hybridized carbons (Fsp3) is 0.429. The summed E-state index contributed by atoms with van der Waals surface area (Å²) in [6.07, 6.45) is 4.32. The van der Waals surface area contributed by atoms with Crippen molar-refractivity contribution in [1.82, 2.24) is 0 Å². The van der Waals surface area contributed by atoms with Crippen LogP contribution in [0, 0.1) is 12.3 Å². The van der Waals surface area contributed by atoms with E-state index in [0.717, 1.165) is 0 Å². The summed E-state index contributed by atoms with van der Waals surface area (Å²) in [4.78, 5) is 19.0. The van der Waals surface area contributed by atoms with Gasteiger partial charge in [-0.25, -0.2) is 4.79 Å². The SMILES string of the molecule is C#CC(=O)O.CCOC(C)=O. The molecule has 11 heavy (non-hydrogen) atoms. The topological polar surface area (TPSA) is 63.6 Å². The van der Waals surface area contributed by atoms with Crippen LogP contribution >= 0.6 is 0 Å². The lowest BCUT2D eigenvalue weighted by molar-refractivity contribution is -0.140. The van der Waals surface area contributed by atoms with Crippen LogP contribution in [-0.4, -0.2) is 23.7 Å². The fourth-order valence-corrected chi connectivity index (χ4v) is 0.203. The third kappa shape index (κ3) is 29.3. The van der Waals surface area contributed by atoms with Crippen LogP contribution in [-0.2, 0) is 14.3 Å². The number of carboxylic acid groups (broad SMARTS) is 1. The van der Waals surface area contributed by atoms with Gasteiger partial charge in [0.25, 0.3) is 0 Å². The molecule has 0 saturated carbocycles. The average Bonchev–Trinajstić information content (AvgIpc) is 1.89. The standard InChI is InChI=1S/C4H8O2.C3H2O2/c1-3-6-4(2)5;1-2-3(4)5/h3H2,1-2H3;1H,(H,4,5). The van der Waals surface area contributed by atoms with E-state index in [9.17, 15) is 4.79 Å². The van der Waals surface area contributed by atoms with E-state index < -0.39 is 5.97 Å². The van der Waals surface area contributed by atoms with E-state index in [1.165, 1.54) is 12.8 Å². The van der Waals surface area contributed by atoms with Crippen LogP contribution in [0.3, 0.4) is 0 Å². The number of carboxylic acids is 1. The number of terminal acetylenes is 1. The van der Waals surface area contributed by atoms with Gasteiger partial charge in [0.15, 0.2) is 0 Å². The van der Waals surface area contributed by atoms with E-state index >= 15 is 0 Å². The van der Waals surface area contributed by atoms with Crippen molar-refractivity contribution in [2.45, 2.75) is 13.8 Å². The maximum atomic E-state index is 9.82. The molecule has 62 valence electrons. The molecule has 0 aromatic rings. The Morgan fingerprint density at radius 1 is 1.64 bits per heavy atom. The molecule has 0 aromatic heterocycles. The van der Waals surface area contributed by atoms with Crippen LogP contribution in [0.5, 0.6) is 0 Å². The summed E-state index contributed by atoms with van der Waals surface area (Å²) in [5.74, 6) is 0.0162. The summed E-state index contributed by atoms with van der Waals surface area (Å²) < 4.78 is 4.40. The molecular weight excluding hydrogens is 148 g/mol. The van der Waals surface area contributed by atoms with Crippen molar-refractivity contribution in [3.63, 3.8) is 0 Å². The molecule has 0 rings (SSSR count). The van der Waals surface area contributed by atoms with E-state index in [4.69, 9.17) is 9.90 Å². The summed E-state index contributed by atoms with van der Waals surface area (Å²) in [6, 6.07) is 0. The minimum absolute atomic E-state index is 0.211. The van der Waals surface area contributed by atoms with Gasteiger partial charge in [0.2, 0.25) is 0 Å². The molecule has 1 N–H and O–H groups in total. The molecule has 4 heteroatoms. The summed E-state index contributed by atoms with van der Waals surface area (Å²) in [7, 11) is 0. The molecule has 0 saturated heterocycles. The fourth-order valence-electron chi connectivity index (χ4n) is 0.203. The van der Waals surface area contributed by atoms with Crippen molar-refractivity contribution in [3.05, 3.63) is 0 Å².